The molecule has 1 rings (SSSR count). The largest absolute Gasteiger partial charge is 0.478 e. The molecular weight excluding hydrogens is 404 g/mol. The summed E-state index contributed by atoms with van der Waals surface area (Å²) in [5.41, 5.74) is 2.08. The highest BCUT2D eigenvalue weighted by Gasteiger charge is 2.19. The smallest absolute Gasteiger partial charge is 0.348 e. The molecule has 0 saturated heterocycles. The van der Waals surface area contributed by atoms with Crippen molar-refractivity contribution in [2.45, 2.75) is 26.7 Å². The molecule has 0 heterocycles. The van der Waals surface area contributed by atoms with Crippen molar-refractivity contribution in [3.05, 3.63) is 89.6 Å². The minimum absolute atomic E-state index is 0.0307. The second kappa shape index (κ2) is 11.7. The molecule has 160 valence electrons. The molecule has 0 aliphatic heterocycles. The second-order valence-electron chi connectivity index (χ2n) is 6.59. The third-order valence-electron chi connectivity index (χ3n) is 3.94. The van der Waals surface area contributed by atoms with Crippen molar-refractivity contribution < 1.29 is 27.3 Å². The molecule has 0 atom stereocenters. The Bertz CT molecular complexity index is 995. The van der Waals surface area contributed by atoms with Crippen molar-refractivity contribution in [3.63, 3.8) is 0 Å². The number of allylic oxidation sites excluding steroid dienone is 5. The van der Waals surface area contributed by atoms with Gasteiger partial charge in [0.15, 0.2) is 0 Å². The standard InChI is InChI=1S/C23H26O6S/c1-5-18(4)16-20(14-13-19-10-7-6-8-11-19)21(22(24)25)12-9-15-30(27,28)29-23(26)17(2)3/h5-8,10-11,13-14,16H,1-2,9,12,15H2,3-4H3,(H,24,25). The number of hydrogen-bond donors (Lipinski definition) is 1. The number of carbonyl (C=O) groups excluding carboxylic acids is 1. The molecule has 7 heteroatoms. The molecule has 0 aliphatic rings. The van der Waals surface area contributed by atoms with Crippen LogP contribution in [0.1, 0.15) is 32.3 Å². The first-order valence-corrected chi connectivity index (χ1v) is 10.8. The summed E-state index contributed by atoms with van der Waals surface area (Å²) in [5.74, 6) is -2.69. The van der Waals surface area contributed by atoms with Gasteiger partial charge in [-0.25, -0.2) is 9.59 Å². The molecule has 0 fully saturated rings. The summed E-state index contributed by atoms with van der Waals surface area (Å²) < 4.78 is 28.2. The van der Waals surface area contributed by atoms with E-state index in [9.17, 15) is 23.1 Å². The second-order valence-corrected chi connectivity index (χ2v) is 8.28. The van der Waals surface area contributed by atoms with E-state index in [0.29, 0.717) is 5.57 Å². The van der Waals surface area contributed by atoms with Crippen LogP contribution >= 0.6 is 0 Å². The van der Waals surface area contributed by atoms with Crippen LogP contribution in [0, 0.1) is 0 Å². The maximum Gasteiger partial charge on any atom is 0.348 e. The van der Waals surface area contributed by atoms with Crippen molar-refractivity contribution in [3.8, 4) is 0 Å². The highest BCUT2D eigenvalue weighted by Crippen LogP contribution is 2.19. The Labute approximate surface area is 177 Å². The Morgan fingerprint density at radius 1 is 1.17 bits per heavy atom. The van der Waals surface area contributed by atoms with Crippen LogP contribution < -0.4 is 0 Å². The van der Waals surface area contributed by atoms with Gasteiger partial charge >= 0.3 is 22.1 Å². The molecule has 1 aromatic rings. The van der Waals surface area contributed by atoms with Crippen LogP contribution in [0.2, 0.25) is 0 Å². The summed E-state index contributed by atoms with van der Waals surface area (Å²) in [6, 6.07) is 9.36. The zero-order valence-electron chi connectivity index (χ0n) is 17.1. The van der Waals surface area contributed by atoms with Crippen LogP contribution in [0.5, 0.6) is 0 Å². The van der Waals surface area contributed by atoms with Crippen molar-refractivity contribution in [1.29, 1.82) is 0 Å². The fourth-order valence-electron chi connectivity index (χ4n) is 2.32. The quantitative estimate of drug-likeness (QED) is 0.317. The Kier molecular flexibility index (Phi) is 9.71. The molecule has 0 amide bonds. The Balaban J connectivity index is 3.12. The average molecular weight is 431 g/mol. The van der Waals surface area contributed by atoms with E-state index in [1.54, 1.807) is 31.2 Å². The summed E-state index contributed by atoms with van der Waals surface area (Å²) in [5, 5.41) is 9.68. The number of hydrogen-bond acceptors (Lipinski definition) is 5. The first-order valence-electron chi connectivity index (χ1n) is 9.18. The Morgan fingerprint density at radius 2 is 1.80 bits per heavy atom. The molecule has 0 saturated carbocycles. The van der Waals surface area contributed by atoms with E-state index in [1.807, 2.05) is 30.3 Å². The maximum atomic E-state index is 11.9. The molecule has 0 spiro atoms. The van der Waals surface area contributed by atoms with Crippen LogP contribution in [0.4, 0.5) is 0 Å². The zero-order valence-corrected chi connectivity index (χ0v) is 17.9. The lowest BCUT2D eigenvalue weighted by atomic mass is 10.00. The van der Waals surface area contributed by atoms with E-state index in [4.69, 9.17) is 0 Å². The third-order valence-corrected chi connectivity index (χ3v) is 5.13. The summed E-state index contributed by atoms with van der Waals surface area (Å²) >= 11 is 0. The van der Waals surface area contributed by atoms with Gasteiger partial charge in [-0.15, -0.1) is 0 Å². The van der Waals surface area contributed by atoms with E-state index in [0.717, 1.165) is 11.1 Å². The summed E-state index contributed by atoms with van der Waals surface area (Å²) in [6.45, 7) is 10.1. The van der Waals surface area contributed by atoms with E-state index in [1.165, 1.54) is 6.92 Å². The average Bonchev–Trinajstić information content (AvgIpc) is 2.68. The normalized spacial score (nSPS) is 12.9. The minimum atomic E-state index is -4.13. The van der Waals surface area contributed by atoms with Gasteiger partial charge in [-0.05, 0) is 37.8 Å². The minimum Gasteiger partial charge on any atom is -0.478 e. The highest BCUT2D eigenvalue weighted by molar-refractivity contribution is 7.87. The SMILES string of the molecule is C=CC(C)=CC(C=Cc1ccccc1)=C(CCCS(=O)(=O)OC(=O)C(=C)C)C(=O)O. The molecule has 1 aromatic carbocycles. The topological polar surface area (TPSA) is 97.7 Å². The van der Waals surface area contributed by atoms with E-state index < -0.39 is 27.8 Å². The maximum absolute atomic E-state index is 11.9. The van der Waals surface area contributed by atoms with Gasteiger partial charge in [-0.2, -0.15) is 8.42 Å². The van der Waals surface area contributed by atoms with Crippen molar-refractivity contribution >= 4 is 28.1 Å². The van der Waals surface area contributed by atoms with Gasteiger partial charge in [0.05, 0.1) is 5.75 Å². The molecule has 6 nitrogen and oxygen atoms in total. The molecule has 1 N–H and O–H groups in total. The summed E-state index contributed by atoms with van der Waals surface area (Å²) in [7, 11) is -4.13. The number of benzene rings is 1. The molecule has 0 aliphatic carbocycles. The monoisotopic (exact) mass is 430 g/mol. The Morgan fingerprint density at radius 3 is 2.33 bits per heavy atom. The van der Waals surface area contributed by atoms with Gasteiger partial charge in [0.25, 0.3) is 0 Å². The lowest BCUT2D eigenvalue weighted by molar-refractivity contribution is -0.133. The Hall–Kier alpha value is -3.19. The van der Waals surface area contributed by atoms with Crippen molar-refractivity contribution in [2.75, 3.05) is 5.75 Å². The van der Waals surface area contributed by atoms with Crippen LogP contribution in [0.3, 0.4) is 0 Å². The van der Waals surface area contributed by atoms with Crippen molar-refractivity contribution in [2.24, 2.45) is 0 Å². The van der Waals surface area contributed by atoms with Gasteiger partial charge in [-0.1, -0.05) is 73.4 Å². The first-order chi connectivity index (χ1) is 14.1. The lowest BCUT2D eigenvalue weighted by Crippen LogP contribution is -2.17. The molecule has 0 bridgehead atoms. The van der Waals surface area contributed by atoms with E-state index in [-0.39, 0.29) is 24.0 Å². The van der Waals surface area contributed by atoms with Crippen LogP contribution in [-0.2, 0) is 23.9 Å². The predicted octanol–water partition coefficient (Wildman–Crippen LogP) is 4.44. The number of carbonyl (C=O) groups is 2. The first kappa shape index (κ1) is 24.8. The predicted molar refractivity (Wildman–Crippen MR) is 118 cm³/mol. The van der Waals surface area contributed by atoms with E-state index >= 15 is 0 Å². The number of carboxylic acids is 1. The van der Waals surface area contributed by atoms with E-state index in [2.05, 4.69) is 17.3 Å². The van der Waals surface area contributed by atoms with Gasteiger partial charge < -0.3 is 9.29 Å². The molecule has 30 heavy (non-hydrogen) atoms. The fourth-order valence-corrected chi connectivity index (χ4v) is 3.27. The summed E-state index contributed by atoms with van der Waals surface area (Å²) in [6.07, 6.45) is 6.65. The number of aliphatic carboxylic acids is 1. The van der Waals surface area contributed by atoms with Gasteiger partial charge in [0.2, 0.25) is 0 Å². The molecule has 0 aromatic heterocycles. The zero-order chi connectivity index (χ0) is 22.7. The fraction of sp³-hybridized carbons (Fsp3) is 0.217. The molecule has 0 unspecified atom stereocenters. The number of carboxylic acid groups (broad SMARTS) is 1. The van der Waals surface area contributed by atoms with Gasteiger partial charge in [0, 0.05) is 11.1 Å². The number of rotatable bonds is 11. The van der Waals surface area contributed by atoms with Gasteiger partial charge in [-0.3, -0.25) is 0 Å². The molecule has 0 radical (unpaired) electrons. The third kappa shape index (κ3) is 8.87. The lowest BCUT2D eigenvalue weighted by Gasteiger charge is -2.08. The van der Waals surface area contributed by atoms with Gasteiger partial charge in [0.1, 0.15) is 0 Å². The summed E-state index contributed by atoms with van der Waals surface area (Å²) in [4.78, 5) is 23.3. The highest BCUT2D eigenvalue weighted by atomic mass is 32.2. The van der Waals surface area contributed by atoms with Crippen molar-refractivity contribution in [1.82, 2.24) is 0 Å². The van der Waals surface area contributed by atoms with Crippen LogP contribution in [-0.4, -0.2) is 31.2 Å². The van der Waals surface area contributed by atoms with Crippen LogP contribution in [0.25, 0.3) is 6.08 Å². The van der Waals surface area contributed by atoms with Crippen LogP contribution in [0.15, 0.2) is 84.0 Å². The molecular formula is C23H26O6S.